The summed E-state index contributed by atoms with van der Waals surface area (Å²) in [5, 5.41) is 0. The highest BCUT2D eigenvalue weighted by Crippen LogP contribution is 2.30. The van der Waals surface area contributed by atoms with E-state index in [0.29, 0.717) is 17.8 Å². The average Bonchev–Trinajstić information content (AvgIpc) is 2.50. The molecule has 1 aromatic carbocycles. The Kier molecular flexibility index (Phi) is 4.14. The van der Waals surface area contributed by atoms with Crippen LogP contribution in [0.15, 0.2) is 22.7 Å². The van der Waals surface area contributed by atoms with Gasteiger partial charge in [-0.1, -0.05) is 15.9 Å². The van der Waals surface area contributed by atoms with Crippen LogP contribution in [0.3, 0.4) is 0 Å². The number of nitrogens with zero attached hydrogens (tertiary/aromatic N) is 1. The van der Waals surface area contributed by atoms with Crippen molar-refractivity contribution in [3.05, 3.63) is 28.2 Å². The van der Waals surface area contributed by atoms with E-state index in [1.165, 1.54) is 11.3 Å². The first kappa shape index (κ1) is 13.2. The molecule has 0 radical (unpaired) electrons. The van der Waals surface area contributed by atoms with Crippen LogP contribution in [-0.2, 0) is 9.53 Å². The van der Waals surface area contributed by atoms with Crippen LogP contribution in [0.4, 0.5) is 5.69 Å². The average molecular weight is 312 g/mol. The highest BCUT2D eigenvalue weighted by Gasteiger charge is 2.34. The number of Topliss-reactive ketones (excluding diaryl/α,β-unsaturated/α-hetero) is 1. The number of fused-ring (bicyclic) bond motifs is 1. The Morgan fingerprint density at radius 1 is 1.33 bits per heavy atom. The van der Waals surface area contributed by atoms with Crippen LogP contribution in [0.2, 0.25) is 0 Å². The van der Waals surface area contributed by atoms with Gasteiger partial charge in [0.1, 0.15) is 0 Å². The molecule has 2 aliphatic heterocycles. The van der Waals surface area contributed by atoms with E-state index in [2.05, 4.69) is 15.9 Å². The molecule has 0 bridgehead atoms. The van der Waals surface area contributed by atoms with E-state index in [1.807, 2.05) is 13.0 Å². The molecule has 0 unspecified atom stereocenters. The summed E-state index contributed by atoms with van der Waals surface area (Å²) in [6.45, 7) is 4.38. The molecular formula is C13H14BrNO3. The fourth-order valence-electron chi connectivity index (χ4n) is 1.73. The zero-order valence-electron chi connectivity index (χ0n) is 10.1. The summed E-state index contributed by atoms with van der Waals surface area (Å²) < 4.78 is 5.54. The third-order valence-electron chi connectivity index (χ3n) is 2.83. The maximum atomic E-state index is 11.5. The van der Waals surface area contributed by atoms with Gasteiger partial charge in [-0.3, -0.25) is 9.59 Å². The van der Waals surface area contributed by atoms with Crippen LogP contribution in [-0.4, -0.2) is 31.4 Å². The number of carbonyl (C=O) groups excluding carboxylic acids is 2. The minimum Gasteiger partial charge on any atom is -0.381 e. The largest absolute Gasteiger partial charge is 0.381 e. The molecule has 2 heterocycles. The molecule has 3 rings (SSSR count). The van der Waals surface area contributed by atoms with E-state index in [-0.39, 0.29) is 0 Å². The van der Waals surface area contributed by atoms with Gasteiger partial charge in [0.25, 0.3) is 11.7 Å². The molecule has 1 amide bonds. The van der Waals surface area contributed by atoms with E-state index < -0.39 is 11.7 Å². The Morgan fingerprint density at radius 3 is 2.44 bits per heavy atom. The van der Waals surface area contributed by atoms with Crippen LogP contribution in [0.25, 0.3) is 0 Å². The second-order valence-electron chi connectivity index (χ2n) is 4.01. The Balaban J connectivity index is 0.000000256. The van der Waals surface area contributed by atoms with Gasteiger partial charge in [-0.15, -0.1) is 0 Å². The monoisotopic (exact) mass is 311 g/mol. The quantitative estimate of drug-likeness (QED) is 0.748. The van der Waals surface area contributed by atoms with Gasteiger partial charge in [0.15, 0.2) is 0 Å². The molecule has 0 saturated carbocycles. The van der Waals surface area contributed by atoms with Gasteiger partial charge in [0, 0.05) is 24.2 Å². The third-order valence-corrected chi connectivity index (χ3v) is 3.32. The first-order chi connectivity index (χ1) is 8.65. The normalized spacial score (nSPS) is 16.9. The predicted octanol–water partition coefficient (Wildman–Crippen LogP) is 2.41. The summed E-state index contributed by atoms with van der Waals surface area (Å²) >= 11 is 3.27. The Morgan fingerprint density at radius 2 is 1.94 bits per heavy atom. The smallest absolute Gasteiger partial charge is 0.299 e. The first-order valence-electron chi connectivity index (χ1n) is 5.88. The number of ether oxygens (including phenoxy) is 1. The number of likely N-dealkylation sites (N-methyl/N-ethyl adjacent to an activating group) is 1. The molecule has 4 nitrogen and oxygen atoms in total. The van der Waals surface area contributed by atoms with Gasteiger partial charge in [0.05, 0.1) is 11.3 Å². The van der Waals surface area contributed by atoms with E-state index in [1.54, 1.807) is 12.1 Å². The van der Waals surface area contributed by atoms with E-state index in [9.17, 15) is 9.59 Å². The van der Waals surface area contributed by atoms with Crippen molar-refractivity contribution in [3.63, 3.8) is 0 Å². The van der Waals surface area contributed by atoms with Crippen molar-refractivity contribution in [2.45, 2.75) is 13.3 Å². The van der Waals surface area contributed by atoms with Gasteiger partial charge >= 0.3 is 0 Å². The first-order valence-corrected chi connectivity index (χ1v) is 6.68. The van der Waals surface area contributed by atoms with Crippen LogP contribution in [0.5, 0.6) is 0 Å². The minimum absolute atomic E-state index is 0.414. The Bertz CT molecular complexity index is 479. The van der Waals surface area contributed by atoms with Gasteiger partial charge in [-0.2, -0.15) is 0 Å². The zero-order valence-corrected chi connectivity index (χ0v) is 11.7. The van der Waals surface area contributed by atoms with Crippen LogP contribution < -0.4 is 4.90 Å². The number of benzene rings is 1. The lowest BCUT2D eigenvalue weighted by atomic mass is 10.1. The van der Waals surface area contributed by atoms with Crippen LogP contribution >= 0.6 is 15.9 Å². The SMILES string of the molecule is C1COC1.CCN1C(=O)C(=O)c2cc(Br)ccc21. The maximum absolute atomic E-state index is 11.5. The summed E-state index contributed by atoms with van der Waals surface area (Å²) in [4.78, 5) is 24.5. The van der Waals surface area contributed by atoms with Gasteiger partial charge in [0.2, 0.25) is 0 Å². The Labute approximate surface area is 114 Å². The van der Waals surface area contributed by atoms with Crippen molar-refractivity contribution in [1.82, 2.24) is 0 Å². The Hall–Kier alpha value is -1.20. The summed E-state index contributed by atoms with van der Waals surface area (Å²) in [7, 11) is 0. The minimum atomic E-state index is -0.430. The molecule has 1 saturated heterocycles. The van der Waals surface area contributed by atoms with Crippen LogP contribution in [0.1, 0.15) is 23.7 Å². The summed E-state index contributed by atoms with van der Waals surface area (Å²) in [5.74, 6) is -0.844. The highest BCUT2D eigenvalue weighted by atomic mass is 79.9. The number of hydrogen-bond acceptors (Lipinski definition) is 3. The molecule has 2 aliphatic rings. The lowest BCUT2D eigenvalue weighted by molar-refractivity contribution is -0.114. The number of halogens is 1. The molecule has 96 valence electrons. The number of carbonyl (C=O) groups is 2. The predicted molar refractivity (Wildman–Crippen MR) is 71.9 cm³/mol. The lowest BCUT2D eigenvalue weighted by Gasteiger charge is -2.12. The number of anilines is 1. The number of hydrogen-bond donors (Lipinski definition) is 0. The molecule has 0 atom stereocenters. The fraction of sp³-hybridized carbons (Fsp3) is 0.385. The molecule has 0 N–H and O–H groups in total. The molecule has 18 heavy (non-hydrogen) atoms. The van der Waals surface area contributed by atoms with Crippen molar-refractivity contribution in [2.24, 2.45) is 0 Å². The van der Waals surface area contributed by atoms with Crippen molar-refractivity contribution >= 4 is 33.3 Å². The maximum Gasteiger partial charge on any atom is 0.299 e. The van der Waals surface area contributed by atoms with E-state index in [4.69, 9.17) is 4.74 Å². The van der Waals surface area contributed by atoms with Crippen molar-refractivity contribution in [1.29, 1.82) is 0 Å². The van der Waals surface area contributed by atoms with Crippen LogP contribution in [0, 0.1) is 0 Å². The second-order valence-corrected chi connectivity index (χ2v) is 4.92. The highest BCUT2D eigenvalue weighted by molar-refractivity contribution is 9.10. The van der Waals surface area contributed by atoms with Gasteiger partial charge < -0.3 is 9.64 Å². The topological polar surface area (TPSA) is 46.6 Å². The van der Waals surface area contributed by atoms with Gasteiger partial charge in [-0.05, 0) is 31.5 Å². The number of ketones is 1. The van der Waals surface area contributed by atoms with Gasteiger partial charge in [-0.25, -0.2) is 0 Å². The van der Waals surface area contributed by atoms with E-state index in [0.717, 1.165) is 17.7 Å². The van der Waals surface area contributed by atoms with Crippen molar-refractivity contribution in [2.75, 3.05) is 24.7 Å². The number of rotatable bonds is 1. The molecule has 0 aliphatic carbocycles. The molecule has 0 aromatic heterocycles. The third kappa shape index (κ3) is 2.47. The lowest BCUT2D eigenvalue weighted by Crippen LogP contribution is -2.29. The number of amides is 1. The molecule has 5 heteroatoms. The standard InChI is InChI=1S/C10H8BrNO2.C3H6O/c1-2-12-8-4-3-6(11)5-7(8)9(13)10(12)14;1-2-4-3-1/h3-5H,2H2,1H3;1-3H2. The molecular weight excluding hydrogens is 298 g/mol. The second kappa shape index (κ2) is 5.63. The van der Waals surface area contributed by atoms with Crippen molar-refractivity contribution < 1.29 is 14.3 Å². The molecule has 0 spiro atoms. The summed E-state index contributed by atoms with van der Waals surface area (Å²) in [5.41, 5.74) is 1.21. The zero-order chi connectivity index (χ0) is 13.1. The fourth-order valence-corrected chi connectivity index (χ4v) is 2.09. The summed E-state index contributed by atoms with van der Waals surface area (Å²) in [6.07, 6.45) is 1.28. The van der Waals surface area contributed by atoms with E-state index >= 15 is 0 Å². The molecule has 1 aromatic rings. The van der Waals surface area contributed by atoms with Crippen molar-refractivity contribution in [3.8, 4) is 0 Å². The molecule has 1 fully saturated rings. The summed E-state index contributed by atoms with van der Waals surface area (Å²) in [6, 6.07) is 5.30.